The van der Waals surface area contributed by atoms with E-state index in [4.69, 9.17) is 0 Å². The third-order valence-electron chi connectivity index (χ3n) is 6.04. The molecule has 1 aromatic heterocycles. The summed E-state index contributed by atoms with van der Waals surface area (Å²) in [6.07, 6.45) is 1.09. The number of hydrogen-bond donors (Lipinski definition) is 1. The van der Waals surface area contributed by atoms with E-state index in [1.807, 2.05) is 0 Å². The lowest BCUT2D eigenvalue weighted by Crippen LogP contribution is -2.49. The Morgan fingerprint density at radius 3 is 2.59 bits per heavy atom. The Bertz CT molecular complexity index is 835. The summed E-state index contributed by atoms with van der Waals surface area (Å²) in [5, 5.41) is 3.41. The molecule has 0 aliphatic carbocycles. The summed E-state index contributed by atoms with van der Waals surface area (Å²) < 4.78 is 2.20. The second-order valence-electron chi connectivity index (χ2n) is 7.94. The van der Waals surface area contributed by atoms with E-state index >= 15 is 0 Å². The van der Waals surface area contributed by atoms with E-state index in [-0.39, 0.29) is 5.91 Å². The zero-order valence-corrected chi connectivity index (χ0v) is 16.7. The summed E-state index contributed by atoms with van der Waals surface area (Å²) in [4.78, 5) is 17.8. The molecule has 2 aliphatic rings. The molecule has 1 atom stereocenters. The topological polar surface area (TPSA) is 40.5 Å². The maximum atomic E-state index is 13.2. The average Bonchev–Trinajstić information content (AvgIpc) is 3.27. The number of hydrogen-bond acceptors (Lipinski definition) is 3. The SMILES string of the molecule is Cc1cccc(-n2c(C)cc(C(=O)N3CCC(N4CCNCC4)C3)c2C)c1. The minimum Gasteiger partial charge on any atom is -0.337 e. The molecule has 1 unspecified atom stereocenters. The number of rotatable bonds is 3. The molecule has 2 fully saturated rings. The standard InChI is InChI=1S/C22H30N4O/c1-16-5-4-6-19(13-16)26-17(2)14-21(18(26)3)22(27)25-10-7-20(15-25)24-11-8-23-9-12-24/h4-6,13-14,20,23H,7-12,15H2,1-3H3. The summed E-state index contributed by atoms with van der Waals surface area (Å²) in [6, 6.07) is 11.0. The lowest BCUT2D eigenvalue weighted by Gasteiger charge is -2.32. The summed E-state index contributed by atoms with van der Waals surface area (Å²) in [5.41, 5.74) is 5.35. The molecule has 1 N–H and O–H groups in total. The van der Waals surface area contributed by atoms with Gasteiger partial charge < -0.3 is 14.8 Å². The van der Waals surface area contributed by atoms with Crippen LogP contribution in [0.3, 0.4) is 0 Å². The van der Waals surface area contributed by atoms with Gasteiger partial charge in [0.25, 0.3) is 5.91 Å². The molecule has 0 radical (unpaired) electrons. The van der Waals surface area contributed by atoms with Gasteiger partial charge in [0.2, 0.25) is 0 Å². The fraction of sp³-hybridized carbons (Fsp3) is 0.500. The fourth-order valence-corrected chi connectivity index (χ4v) is 4.59. The van der Waals surface area contributed by atoms with Gasteiger partial charge in [-0.3, -0.25) is 9.69 Å². The maximum absolute atomic E-state index is 13.2. The van der Waals surface area contributed by atoms with Crippen LogP contribution in [0.1, 0.15) is 33.7 Å². The van der Waals surface area contributed by atoms with Crippen LogP contribution >= 0.6 is 0 Å². The number of aryl methyl sites for hydroxylation is 2. The van der Waals surface area contributed by atoms with Crippen molar-refractivity contribution in [3.05, 3.63) is 52.8 Å². The molecule has 144 valence electrons. The lowest BCUT2D eigenvalue weighted by molar-refractivity contribution is 0.0773. The second kappa shape index (κ2) is 7.49. The van der Waals surface area contributed by atoms with E-state index in [1.54, 1.807) is 0 Å². The predicted molar refractivity (Wildman–Crippen MR) is 109 cm³/mol. The minimum absolute atomic E-state index is 0.180. The van der Waals surface area contributed by atoms with Crippen LogP contribution in [0.5, 0.6) is 0 Å². The van der Waals surface area contributed by atoms with Crippen molar-refractivity contribution in [2.45, 2.75) is 33.2 Å². The van der Waals surface area contributed by atoms with E-state index < -0.39 is 0 Å². The van der Waals surface area contributed by atoms with Gasteiger partial charge in [-0.1, -0.05) is 12.1 Å². The number of amides is 1. The van der Waals surface area contributed by atoms with Crippen LogP contribution in [0.4, 0.5) is 0 Å². The Labute approximate surface area is 162 Å². The zero-order chi connectivity index (χ0) is 19.0. The van der Waals surface area contributed by atoms with Gasteiger partial charge in [-0.25, -0.2) is 0 Å². The molecule has 2 saturated heterocycles. The number of carbonyl (C=O) groups excluding carboxylic acids is 1. The van der Waals surface area contributed by atoms with Crippen molar-refractivity contribution in [1.82, 2.24) is 19.7 Å². The van der Waals surface area contributed by atoms with E-state index in [0.29, 0.717) is 6.04 Å². The van der Waals surface area contributed by atoms with Crippen LogP contribution in [0.15, 0.2) is 30.3 Å². The van der Waals surface area contributed by atoms with Crippen LogP contribution in [-0.2, 0) is 0 Å². The molecule has 1 aromatic carbocycles. The van der Waals surface area contributed by atoms with Crippen molar-refractivity contribution >= 4 is 5.91 Å². The molecule has 0 bridgehead atoms. The second-order valence-corrected chi connectivity index (χ2v) is 7.94. The molecule has 0 saturated carbocycles. The third-order valence-corrected chi connectivity index (χ3v) is 6.04. The van der Waals surface area contributed by atoms with Crippen molar-refractivity contribution in [3.63, 3.8) is 0 Å². The summed E-state index contributed by atoms with van der Waals surface area (Å²) >= 11 is 0. The monoisotopic (exact) mass is 366 g/mol. The number of piperazine rings is 1. The van der Waals surface area contributed by atoms with Crippen LogP contribution < -0.4 is 5.32 Å². The number of likely N-dealkylation sites (tertiary alicyclic amines) is 1. The first kappa shape index (κ1) is 18.3. The van der Waals surface area contributed by atoms with E-state index in [2.05, 4.69) is 70.8 Å². The number of benzene rings is 1. The lowest BCUT2D eigenvalue weighted by atomic mass is 10.2. The van der Waals surface area contributed by atoms with Gasteiger partial charge in [-0.05, 0) is 51.0 Å². The predicted octanol–water partition coefficient (Wildman–Crippen LogP) is 2.52. The molecule has 1 amide bonds. The molecule has 27 heavy (non-hydrogen) atoms. The van der Waals surface area contributed by atoms with E-state index in [9.17, 15) is 4.79 Å². The number of aromatic nitrogens is 1. The smallest absolute Gasteiger partial charge is 0.255 e. The molecule has 5 heteroatoms. The molecular weight excluding hydrogens is 336 g/mol. The van der Waals surface area contributed by atoms with Gasteiger partial charge in [0.05, 0.1) is 5.56 Å². The van der Waals surface area contributed by atoms with Crippen molar-refractivity contribution in [3.8, 4) is 5.69 Å². The van der Waals surface area contributed by atoms with Gasteiger partial charge in [0.15, 0.2) is 0 Å². The van der Waals surface area contributed by atoms with Crippen molar-refractivity contribution < 1.29 is 4.79 Å². The first-order valence-electron chi connectivity index (χ1n) is 10.0. The number of nitrogens with one attached hydrogen (secondary N) is 1. The highest BCUT2D eigenvalue weighted by Crippen LogP contribution is 2.25. The highest BCUT2D eigenvalue weighted by molar-refractivity contribution is 5.96. The molecule has 3 heterocycles. The maximum Gasteiger partial charge on any atom is 0.255 e. The Morgan fingerprint density at radius 1 is 1.07 bits per heavy atom. The van der Waals surface area contributed by atoms with Crippen LogP contribution in [-0.4, -0.2) is 65.6 Å². The van der Waals surface area contributed by atoms with Gasteiger partial charge in [0.1, 0.15) is 0 Å². The van der Waals surface area contributed by atoms with Gasteiger partial charge in [-0.2, -0.15) is 0 Å². The molecular formula is C22H30N4O. The first-order chi connectivity index (χ1) is 13.0. The average molecular weight is 367 g/mol. The van der Waals surface area contributed by atoms with Crippen LogP contribution in [0.2, 0.25) is 0 Å². The molecule has 2 aliphatic heterocycles. The Balaban J connectivity index is 1.54. The molecule has 5 nitrogen and oxygen atoms in total. The summed E-state index contributed by atoms with van der Waals surface area (Å²) in [7, 11) is 0. The van der Waals surface area contributed by atoms with Crippen LogP contribution in [0.25, 0.3) is 5.69 Å². The molecule has 4 rings (SSSR count). The van der Waals surface area contributed by atoms with Gasteiger partial charge in [-0.15, -0.1) is 0 Å². The Morgan fingerprint density at radius 2 is 1.85 bits per heavy atom. The molecule has 2 aromatic rings. The quantitative estimate of drug-likeness (QED) is 0.907. The van der Waals surface area contributed by atoms with Gasteiger partial charge in [0, 0.05) is 62.4 Å². The first-order valence-corrected chi connectivity index (χ1v) is 10.0. The van der Waals surface area contributed by atoms with Crippen molar-refractivity contribution in [2.24, 2.45) is 0 Å². The summed E-state index contributed by atoms with van der Waals surface area (Å²) in [6.45, 7) is 12.3. The number of carbonyl (C=O) groups is 1. The van der Waals surface area contributed by atoms with Crippen molar-refractivity contribution in [1.29, 1.82) is 0 Å². The van der Waals surface area contributed by atoms with E-state index in [1.165, 1.54) is 5.56 Å². The van der Waals surface area contributed by atoms with Gasteiger partial charge >= 0.3 is 0 Å². The fourth-order valence-electron chi connectivity index (χ4n) is 4.59. The summed E-state index contributed by atoms with van der Waals surface area (Å²) in [5.74, 6) is 0.180. The molecule has 0 spiro atoms. The highest BCUT2D eigenvalue weighted by atomic mass is 16.2. The number of nitrogens with zero attached hydrogens (tertiary/aromatic N) is 3. The minimum atomic E-state index is 0.180. The third kappa shape index (κ3) is 3.54. The normalized spacial score (nSPS) is 21.0. The van der Waals surface area contributed by atoms with E-state index in [0.717, 1.165) is 68.3 Å². The van der Waals surface area contributed by atoms with Crippen LogP contribution in [0, 0.1) is 20.8 Å². The largest absolute Gasteiger partial charge is 0.337 e. The highest BCUT2D eigenvalue weighted by Gasteiger charge is 2.32. The zero-order valence-electron chi connectivity index (χ0n) is 16.7. The Kier molecular flexibility index (Phi) is 5.06. The van der Waals surface area contributed by atoms with Crippen molar-refractivity contribution in [2.75, 3.05) is 39.3 Å². The Hall–Kier alpha value is -2.11.